The summed E-state index contributed by atoms with van der Waals surface area (Å²) in [6.45, 7) is 4.33. The van der Waals surface area contributed by atoms with Crippen LogP contribution >= 0.6 is 0 Å². The van der Waals surface area contributed by atoms with Gasteiger partial charge < -0.3 is 10.4 Å². The van der Waals surface area contributed by atoms with Gasteiger partial charge in [-0.15, -0.1) is 0 Å². The van der Waals surface area contributed by atoms with Gasteiger partial charge in [0.2, 0.25) is 0 Å². The second-order valence-electron chi connectivity index (χ2n) is 5.39. The van der Waals surface area contributed by atoms with Crippen molar-refractivity contribution in [1.82, 2.24) is 15.0 Å². The fourth-order valence-electron chi connectivity index (χ4n) is 2.45. The van der Waals surface area contributed by atoms with Crippen molar-refractivity contribution in [1.29, 1.82) is 0 Å². The summed E-state index contributed by atoms with van der Waals surface area (Å²) < 4.78 is 0. The third kappa shape index (κ3) is 3.29. The molecule has 3 rings (SSSR count). The van der Waals surface area contributed by atoms with Crippen LogP contribution in [0.15, 0.2) is 48.9 Å². The molecule has 0 aliphatic heterocycles. The summed E-state index contributed by atoms with van der Waals surface area (Å²) in [6, 6.07) is 9.63. The lowest BCUT2D eigenvalue weighted by Gasteiger charge is -2.12. The number of pyridine rings is 1. The van der Waals surface area contributed by atoms with E-state index in [0.717, 1.165) is 28.1 Å². The Morgan fingerprint density at radius 1 is 0.957 bits per heavy atom. The Bertz CT molecular complexity index is 795. The Morgan fingerprint density at radius 2 is 1.70 bits per heavy atom. The normalized spacial score (nSPS) is 10.5. The number of nitrogens with one attached hydrogen (secondary N) is 1. The summed E-state index contributed by atoms with van der Waals surface area (Å²) in [7, 11) is 0. The van der Waals surface area contributed by atoms with Crippen LogP contribution in [0.4, 0.5) is 5.82 Å². The number of aromatic nitrogens is 3. The molecule has 0 fully saturated rings. The minimum atomic E-state index is 0.320. The maximum absolute atomic E-state index is 9.94. The van der Waals surface area contributed by atoms with E-state index >= 15 is 0 Å². The molecule has 3 aromatic rings. The lowest BCUT2D eigenvalue weighted by Crippen LogP contribution is -2.05. The lowest BCUT2D eigenvalue weighted by atomic mass is 10.0. The maximum atomic E-state index is 9.94. The summed E-state index contributed by atoms with van der Waals surface area (Å²) in [4.78, 5) is 13.1. The SMILES string of the molecule is Cc1cc(-c2nccnc2NCc2ccccn2)cc(C)c1O. The minimum Gasteiger partial charge on any atom is -0.507 e. The van der Waals surface area contributed by atoms with Crippen LogP contribution in [0.5, 0.6) is 5.75 Å². The summed E-state index contributed by atoms with van der Waals surface area (Å²) in [6.07, 6.45) is 5.09. The Hall–Kier alpha value is -2.95. The van der Waals surface area contributed by atoms with Crippen molar-refractivity contribution in [2.45, 2.75) is 20.4 Å². The Morgan fingerprint density at radius 3 is 2.39 bits per heavy atom. The molecular weight excluding hydrogens is 288 g/mol. The van der Waals surface area contributed by atoms with Crippen LogP contribution in [-0.4, -0.2) is 20.1 Å². The zero-order chi connectivity index (χ0) is 16.2. The van der Waals surface area contributed by atoms with E-state index in [-0.39, 0.29) is 0 Å². The zero-order valence-corrected chi connectivity index (χ0v) is 13.1. The molecule has 0 bridgehead atoms. The monoisotopic (exact) mass is 306 g/mol. The van der Waals surface area contributed by atoms with E-state index in [0.29, 0.717) is 18.1 Å². The molecule has 0 radical (unpaired) electrons. The molecule has 0 spiro atoms. The molecule has 2 heterocycles. The van der Waals surface area contributed by atoms with Crippen LogP contribution in [-0.2, 0) is 6.54 Å². The van der Waals surface area contributed by atoms with Gasteiger partial charge in [0.15, 0.2) is 5.82 Å². The largest absolute Gasteiger partial charge is 0.507 e. The van der Waals surface area contributed by atoms with E-state index in [1.807, 2.05) is 44.2 Å². The van der Waals surface area contributed by atoms with E-state index in [2.05, 4.69) is 20.3 Å². The van der Waals surface area contributed by atoms with Crippen molar-refractivity contribution in [3.8, 4) is 17.0 Å². The van der Waals surface area contributed by atoms with Crippen LogP contribution < -0.4 is 5.32 Å². The number of hydrogen-bond acceptors (Lipinski definition) is 5. The fourth-order valence-corrected chi connectivity index (χ4v) is 2.45. The molecular formula is C18H18N4O. The standard InChI is InChI=1S/C18H18N4O/c1-12-9-14(10-13(2)17(12)23)16-18(21-8-7-20-16)22-11-15-5-3-4-6-19-15/h3-10,23H,11H2,1-2H3,(H,21,22). The number of benzene rings is 1. The highest BCUT2D eigenvalue weighted by Crippen LogP contribution is 2.30. The second kappa shape index (κ2) is 6.44. The topological polar surface area (TPSA) is 70.9 Å². The maximum Gasteiger partial charge on any atom is 0.152 e. The molecule has 0 saturated heterocycles. The summed E-state index contributed by atoms with van der Waals surface area (Å²) in [5.41, 5.74) is 4.26. The Kier molecular flexibility index (Phi) is 4.19. The molecule has 2 aromatic heterocycles. The number of rotatable bonds is 4. The molecule has 23 heavy (non-hydrogen) atoms. The predicted molar refractivity (Wildman–Crippen MR) is 90.2 cm³/mol. The van der Waals surface area contributed by atoms with Crippen molar-refractivity contribution in [3.63, 3.8) is 0 Å². The third-order valence-electron chi connectivity index (χ3n) is 3.63. The molecule has 116 valence electrons. The Labute approximate surface area is 135 Å². The first-order valence-electron chi connectivity index (χ1n) is 7.40. The number of aryl methyl sites for hydroxylation is 2. The lowest BCUT2D eigenvalue weighted by molar-refractivity contribution is 0.467. The highest BCUT2D eigenvalue weighted by atomic mass is 16.3. The van der Waals surface area contributed by atoms with Gasteiger partial charge in [0, 0.05) is 24.2 Å². The number of nitrogens with zero attached hydrogens (tertiary/aromatic N) is 3. The molecule has 0 aliphatic carbocycles. The van der Waals surface area contributed by atoms with E-state index in [1.165, 1.54) is 0 Å². The highest BCUT2D eigenvalue weighted by molar-refractivity contribution is 5.73. The molecule has 0 atom stereocenters. The van der Waals surface area contributed by atoms with Gasteiger partial charge in [-0.25, -0.2) is 4.98 Å². The number of anilines is 1. The first-order valence-corrected chi connectivity index (χ1v) is 7.40. The van der Waals surface area contributed by atoms with Crippen LogP contribution in [0, 0.1) is 13.8 Å². The number of hydrogen-bond donors (Lipinski definition) is 2. The second-order valence-corrected chi connectivity index (χ2v) is 5.39. The summed E-state index contributed by atoms with van der Waals surface area (Å²) in [5.74, 6) is 1.02. The van der Waals surface area contributed by atoms with Crippen LogP contribution in [0.2, 0.25) is 0 Å². The van der Waals surface area contributed by atoms with Crippen molar-refractivity contribution in [2.24, 2.45) is 0 Å². The van der Waals surface area contributed by atoms with Gasteiger partial charge in [-0.3, -0.25) is 9.97 Å². The number of phenolic OH excluding ortho intramolecular Hbond substituents is 1. The molecule has 5 nitrogen and oxygen atoms in total. The first kappa shape index (κ1) is 15.0. The van der Waals surface area contributed by atoms with Gasteiger partial charge >= 0.3 is 0 Å². The molecule has 0 saturated carbocycles. The molecule has 0 unspecified atom stereocenters. The molecule has 5 heteroatoms. The summed E-state index contributed by atoms with van der Waals surface area (Å²) in [5, 5.41) is 13.2. The van der Waals surface area contributed by atoms with E-state index in [1.54, 1.807) is 18.6 Å². The van der Waals surface area contributed by atoms with Gasteiger partial charge in [0.1, 0.15) is 11.4 Å². The van der Waals surface area contributed by atoms with E-state index < -0.39 is 0 Å². The van der Waals surface area contributed by atoms with Gasteiger partial charge in [0.25, 0.3) is 0 Å². The van der Waals surface area contributed by atoms with E-state index in [4.69, 9.17) is 0 Å². The van der Waals surface area contributed by atoms with Crippen molar-refractivity contribution >= 4 is 5.82 Å². The smallest absolute Gasteiger partial charge is 0.152 e. The zero-order valence-electron chi connectivity index (χ0n) is 13.1. The quantitative estimate of drug-likeness (QED) is 0.772. The highest BCUT2D eigenvalue weighted by Gasteiger charge is 2.11. The first-order chi connectivity index (χ1) is 11.1. The molecule has 0 aliphatic rings. The number of aromatic hydroxyl groups is 1. The van der Waals surface area contributed by atoms with Crippen LogP contribution in [0.1, 0.15) is 16.8 Å². The van der Waals surface area contributed by atoms with Crippen molar-refractivity contribution < 1.29 is 5.11 Å². The van der Waals surface area contributed by atoms with Crippen LogP contribution in [0.25, 0.3) is 11.3 Å². The summed E-state index contributed by atoms with van der Waals surface area (Å²) >= 11 is 0. The number of phenols is 1. The van der Waals surface area contributed by atoms with Gasteiger partial charge in [-0.2, -0.15) is 0 Å². The van der Waals surface area contributed by atoms with Crippen molar-refractivity contribution in [3.05, 3.63) is 65.7 Å². The van der Waals surface area contributed by atoms with Gasteiger partial charge in [-0.05, 0) is 49.2 Å². The van der Waals surface area contributed by atoms with Gasteiger partial charge in [-0.1, -0.05) is 6.07 Å². The van der Waals surface area contributed by atoms with E-state index in [9.17, 15) is 5.11 Å². The molecule has 0 amide bonds. The molecule has 2 N–H and O–H groups in total. The van der Waals surface area contributed by atoms with Crippen molar-refractivity contribution in [2.75, 3.05) is 5.32 Å². The Balaban J connectivity index is 1.92. The average molecular weight is 306 g/mol. The van der Waals surface area contributed by atoms with Crippen LogP contribution in [0.3, 0.4) is 0 Å². The minimum absolute atomic E-state index is 0.320. The third-order valence-corrected chi connectivity index (χ3v) is 3.63. The molecule has 1 aromatic carbocycles. The fraction of sp³-hybridized carbons (Fsp3) is 0.167. The average Bonchev–Trinajstić information content (AvgIpc) is 2.58. The van der Waals surface area contributed by atoms with Gasteiger partial charge in [0.05, 0.1) is 12.2 Å². The predicted octanol–water partition coefficient (Wildman–Crippen LogP) is 3.47.